The molecule has 114 valence electrons. The Morgan fingerprint density at radius 2 is 1.95 bits per heavy atom. The number of primary amides is 1. The lowest BCUT2D eigenvalue weighted by atomic mass is 9.89. The second-order valence-electron chi connectivity index (χ2n) is 5.93. The fraction of sp³-hybridized carbons (Fsp3) is 0.467. The van der Waals surface area contributed by atoms with Crippen molar-refractivity contribution in [3.8, 4) is 0 Å². The molecule has 0 spiro atoms. The zero-order valence-corrected chi connectivity index (χ0v) is 12.4. The van der Waals surface area contributed by atoms with Gasteiger partial charge in [-0.15, -0.1) is 0 Å². The molecule has 1 aliphatic heterocycles. The molecule has 2 unspecified atom stereocenters. The predicted molar refractivity (Wildman–Crippen MR) is 82.4 cm³/mol. The number of anilines is 2. The average molecular weight is 290 g/mol. The fourth-order valence-corrected chi connectivity index (χ4v) is 2.51. The average Bonchev–Trinajstić information content (AvgIpc) is 2.84. The molecular weight excluding hydrogens is 268 g/mol. The maximum Gasteiger partial charge on any atom is 0.241 e. The zero-order valence-electron chi connectivity index (χ0n) is 12.4. The minimum Gasteiger partial charge on any atom is -0.399 e. The van der Waals surface area contributed by atoms with Crippen molar-refractivity contribution >= 4 is 23.2 Å². The molecule has 1 saturated heterocycles. The van der Waals surface area contributed by atoms with Crippen LogP contribution in [-0.2, 0) is 9.59 Å². The molecule has 6 heteroatoms. The first-order chi connectivity index (χ1) is 9.82. The second kappa shape index (κ2) is 5.73. The molecule has 0 saturated carbocycles. The van der Waals surface area contributed by atoms with Crippen LogP contribution in [0.25, 0.3) is 0 Å². The van der Waals surface area contributed by atoms with Crippen molar-refractivity contribution in [2.75, 3.05) is 24.1 Å². The van der Waals surface area contributed by atoms with E-state index in [-0.39, 0.29) is 17.9 Å². The van der Waals surface area contributed by atoms with Crippen molar-refractivity contribution in [2.24, 2.45) is 11.1 Å². The van der Waals surface area contributed by atoms with E-state index in [1.807, 2.05) is 18.7 Å². The number of nitrogens with zero attached hydrogens (tertiary/aromatic N) is 1. The molecule has 5 N–H and O–H groups in total. The number of hydrogen-bond donors (Lipinski definition) is 3. The number of nitrogens with two attached hydrogens (primary N) is 2. The number of carbonyl (C=O) groups is 2. The molecule has 1 aromatic carbocycles. The number of likely N-dealkylation sites (tertiary alicyclic amines) is 1. The van der Waals surface area contributed by atoms with E-state index in [0.717, 1.165) is 0 Å². The van der Waals surface area contributed by atoms with Crippen molar-refractivity contribution < 1.29 is 9.59 Å². The van der Waals surface area contributed by atoms with E-state index in [4.69, 9.17) is 11.5 Å². The summed E-state index contributed by atoms with van der Waals surface area (Å²) in [4.78, 5) is 25.7. The van der Waals surface area contributed by atoms with Gasteiger partial charge in [0.25, 0.3) is 0 Å². The Bertz CT molecular complexity index is 543. The standard InChI is InChI=1S/C15H22N4O2/c1-10(19-8-7-15(2,9-19)14(17)21)13(20)18-12-5-3-11(16)4-6-12/h3-6,10H,7-9,16H2,1-2H3,(H2,17,21)(H,18,20). The minimum absolute atomic E-state index is 0.103. The molecule has 1 aliphatic rings. The summed E-state index contributed by atoms with van der Waals surface area (Å²) in [5.74, 6) is -0.412. The molecule has 21 heavy (non-hydrogen) atoms. The molecule has 2 amide bonds. The van der Waals surface area contributed by atoms with Gasteiger partial charge in [0.15, 0.2) is 0 Å². The first-order valence-electron chi connectivity index (χ1n) is 7.02. The van der Waals surface area contributed by atoms with Crippen LogP contribution in [0.3, 0.4) is 0 Å². The number of carbonyl (C=O) groups excluding carboxylic acids is 2. The minimum atomic E-state index is -0.546. The summed E-state index contributed by atoms with van der Waals surface area (Å²) >= 11 is 0. The normalized spacial score (nSPS) is 23.7. The van der Waals surface area contributed by atoms with Crippen LogP contribution >= 0.6 is 0 Å². The molecule has 1 aromatic rings. The Morgan fingerprint density at radius 1 is 1.33 bits per heavy atom. The van der Waals surface area contributed by atoms with E-state index in [1.165, 1.54) is 0 Å². The lowest BCUT2D eigenvalue weighted by Gasteiger charge is -2.25. The smallest absolute Gasteiger partial charge is 0.241 e. The molecule has 1 heterocycles. The molecule has 0 aliphatic carbocycles. The predicted octanol–water partition coefficient (Wildman–Crippen LogP) is 0.793. The number of nitrogen functional groups attached to an aromatic ring is 1. The number of hydrogen-bond acceptors (Lipinski definition) is 4. The molecule has 2 rings (SSSR count). The zero-order chi connectivity index (χ0) is 15.6. The summed E-state index contributed by atoms with van der Waals surface area (Å²) < 4.78 is 0. The van der Waals surface area contributed by atoms with Crippen LogP contribution in [-0.4, -0.2) is 35.8 Å². The van der Waals surface area contributed by atoms with Gasteiger partial charge in [0, 0.05) is 24.5 Å². The van der Waals surface area contributed by atoms with Crippen molar-refractivity contribution in [1.82, 2.24) is 4.90 Å². The van der Waals surface area contributed by atoms with E-state index in [1.54, 1.807) is 24.3 Å². The molecule has 6 nitrogen and oxygen atoms in total. The van der Waals surface area contributed by atoms with Crippen molar-refractivity contribution in [3.63, 3.8) is 0 Å². The third-order valence-corrected chi connectivity index (χ3v) is 4.20. The van der Waals surface area contributed by atoms with Gasteiger partial charge in [0.2, 0.25) is 11.8 Å². The van der Waals surface area contributed by atoms with Crippen LogP contribution < -0.4 is 16.8 Å². The summed E-state index contributed by atoms with van der Waals surface area (Å²) in [7, 11) is 0. The van der Waals surface area contributed by atoms with Crippen LogP contribution in [0.2, 0.25) is 0 Å². The third-order valence-electron chi connectivity index (χ3n) is 4.20. The summed E-state index contributed by atoms with van der Waals surface area (Å²) in [6.07, 6.45) is 0.682. The van der Waals surface area contributed by atoms with Crippen LogP contribution in [0.15, 0.2) is 24.3 Å². The van der Waals surface area contributed by atoms with Gasteiger partial charge in [-0.2, -0.15) is 0 Å². The second-order valence-corrected chi connectivity index (χ2v) is 5.93. The van der Waals surface area contributed by atoms with Gasteiger partial charge in [-0.25, -0.2) is 0 Å². The first kappa shape index (κ1) is 15.3. The summed E-state index contributed by atoms with van der Waals surface area (Å²) in [5.41, 5.74) is 11.9. The Kier molecular flexibility index (Phi) is 4.18. The number of benzene rings is 1. The molecular formula is C15H22N4O2. The highest BCUT2D eigenvalue weighted by molar-refractivity contribution is 5.94. The number of amides is 2. The van der Waals surface area contributed by atoms with E-state index < -0.39 is 5.41 Å². The topological polar surface area (TPSA) is 101 Å². The Hall–Kier alpha value is -2.08. The number of rotatable bonds is 4. The summed E-state index contributed by atoms with van der Waals surface area (Å²) in [6, 6.07) is 6.68. The van der Waals surface area contributed by atoms with Crippen molar-refractivity contribution in [3.05, 3.63) is 24.3 Å². The van der Waals surface area contributed by atoms with Gasteiger partial charge in [-0.3, -0.25) is 14.5 Å². The molecule has 0 bridgehead atoms. The Balaban J connectivity index is 1.97. The maximum absolute atomic E-state index is 12.3. The monoisotopic (exact) mass is 290 g/mol. The highest BCUT2D eigenvalue weighted by Crippen LogP contribution is 2.30. The van der Waals surface area contributed by atoms with Gasteiger partial charge in [-0.05, 0) is 44.5 Å². The van der Waals surface area contributed by atoms with Gasteiger partial charge < -0.3 is 16.8 Å². The molecule has 2 atom stereocenters. The lowest BCUT2D eigenvalue weighted by Crippen LogP contribution is -2.43. The highest BCUT2D eigenvalue weighted by Gasteiger charge is 2.41. The molecule has 0 radical (unpaired) electrons. The van der Waals surface area contributed by atoms with Crippen molar-refractivity contribution in [1.29, 1.82) is 0 Å². The lowest BCUT2D eigenvalue weighted by molar-refractivity contribution is -0.127. The van der Waals surface area contributed by atoms with E-state index >= 15 is 0 Å². The van der Waals surface area contributed by atoms with Gasteiger partial charge >= 0.3 is 0 Å². The van der Waals surface area contributed by atoms with E-state index in [9.17, 15) is 9.59 Å². The molecule has 0 aromatic heterocycles. The van der Waals surface area contributed by atoms with Gasteiger partial charge in [0.1, 0.15) is 0 Å². The van der Waals surface area contributed by atoms with E-state index in [0.29, 0.717) is 30.9 Å². The van der Waals surface area contributed by atoms with E-state index in [2.05, 4.69) is 5.32 Å². The Labute approximate surface area is 124 Å². The van der Waals surface area contributed by atoms with Crippen LogP contribution in [0, 0.1) is 5.41 Å². The van der Waals surface area contributed by atoms with Crippen LogP contribution in [0.4, 0.5) is 11.4 Å². The highest BCUT2D eigenvalue weighted by atomic mass is 16.2. The quantitative estimate of drug-likeness (QED) is 0.714. The summed E-state index contributed by atoms with van der Waals surface area (Å²) in [5, 5.41) is 2.85. The SMILES string of the molecule is CC(C(=O)Nc1ccc(N)cc1)N1CCC(C)(C(N)=O)C1. The first-order valence-corrected chi connectivity index (χ1v) is 7.02. The van der Waals surface area contributed by atoms with Gasteiger partial charge in [-0.1, -0.05) is 0 Å². The maximum atomic E-state index is 12.3. The Morgan fingerprint density at radius 3 is 2.48 bits per heavy atom. The molecule has 1 fully saturated rings. The largest absolute Gasteiger partial charge is 0.399 e. The van der Waals surface area contributed by atoms with Crippen LogP contribution in [0.1, 0.15) is 20.3 Å². The van der Waals surface area contributed by atoms with Crippen molar-refractivity contribution in [2.45, 2.75) is 26.3 Å². The third kappa shape index (κ3) is 3.33. The van der Waals surface area contributed by atoms with Crippen LogP contribution in [0.5, 0.6) is 0 Å². The fourth-order valence-electron chi connectivity index (χ4n) is 2.51. The van der Waals surface area contributed by atoms with Gasteiger partial charge in [0.05, 0.1) is 11.5 Å². The summed E-state index contributed by atoms with van der Waals surface area (Å²) in [6.45, 7) is 4.88. The number of nitrogens with one attached hydrogen (secondary N) is 1.